The van der Waals surface area contributed by atoms with Gasteiger partial charge in [0.1, 0.15) is 11.4 Å². The number of carbonyl (C=O) groups excluding carboxylic acids is 2. The zero-order valence-electron chi connectivity index (χ0n) is 16.9. The second-order valence-electron chi connectivity index (χ2n) is 7.56. The molecule has 154 valence electrons. The Morgan fingerprint density at radius 2 is 1.67 bits per heavy atom. The van der Waals surface area contributed by atoms with E-state index >= 15 is 0 Å². The van der Waals surface area contributed by atoms with Crippen LogP contribution in [0.5, 0.6) is 0 Å². The zero-order chi connectivity index (χ0) is 21.7. The number of amides is 2. The number of carbonyl (C=O) groups is 2. The number of rotatable bonds is 4. The van der Waals surface area contributed by atoms with E-state index in [4.69, 9.17) is 4.74 Å². The fraction of sp³-hybridized carbons (Fsp3) is 0.174. The van der Waals surface area contributed by atoms with E-state index in [0.29, 0.717) is 22.5 Å². The van der Waals surface area contributed by atoms with E-state index < -0.39 is 23.4 Å². The van der Waals surface area contributed by atoms with Gasteiger partial charge in [0.25, 0.3) is 5.91 Å². The van der Waals surface area contributed by atoms with Crippen molar-refractivity contribution in [3.63, 3.8) is 0 Å². The fourth-order valence-electron chi connectivity index (χ4n) is 2.72. The van der Waals surface area contributed by atoms with Crippen molar-refractivity contribution in [2.75, 3.05) is 10.6 Å². The minimum Gasteiger partial charge on any atom is -0.444 e. The van der Waals surface area contributed by atoms with Crippen LogP contribution in [0.1, 0.15) is 31.1 Å². The first-order valence-corrected chi connectivity index (χ1v) is 9.33. The van der Waals surface area contributed by atoms with Crippen molar-refractivity contribution in [3.8, 4) is 11.1 Å². The highest BCUT2D eigenvalue weighted by atomic mass is 19.1. The number of ether oxygens (including phenoxy) is 1. The summed E-state index contributed by atoms with van der Waals surface area (Å²) in [7, 11) is 0. The summed E-state index contributed by atoms with van der Waals surface area (Å²) in [5, 5.41) is 5.30. The molecule has 0 aliphatic carbocycles. The van der Waals surface area contributed by atoms with Crippen LogP contribution in [0.3, 0.4) is 0 Å². The lowest BCUT2D eigenvalue weighted by Gasteiger charge is -2.20. The number of hydrogen-bond acceptors (Lipinski definition) is 4. The van der Waals surface area contributed by atoms with Crippen LogP contribution in [0.15, 0.2) is 67.0 Å². The Bertz CT molecular complexity index is 1060. The summed E-state index contributed by atoms with van der Waals surface area (Å²) >= 11 is 0. The average molecular weight is 407 g/mol. The molecule has 30 heavy (non-hydrogen) atoms. The molecule has 0 aliphatic heterocycles. The van der Waals surface area contributed by atoms with Gasteiger partial charge in [0.2, 0.25) is 0 Å². The predicted molar refractivity (Wildman–Crippen MR) is 114 cm³/mol. The SMILES string of the molecule is CC(C)(C)OC(=O)Nc1ccccc1NC(=O)c1ccc(-c2cccnc2)c(F)c1. The monoisotopic (exact) mass is 407 g/mol. The molecular weight excluding hydrogens is 385 g/mol. The van der Waals surface area contributed by atoms with Crippen molar-refractivity contribution in [1.82, 2.24) is 4.98 Å². The number of nitrogens with zero attached hydrogens (tertiary/aromatic N) is 1. The minimum atomic E-state index is -0.657. The standard InChI is InChI=1S/C23H22FN3O3/c1-23(2,3)30-22(29)27-20-9-5-4-8-19(20)26-21(28)15-10-11-17(18(24)13-15)16-7-6-12-25-14-16/h4-14H,1-3H3,(H,26,28)(H,27,29). The van der Waals surface area contributed by atoms with E-state index in [1.165, 1.54) is 18.2 Å². The smallest absolute Gasteiger partial charge is 0.412 e. The average Bonchev–Trinajstić information content (AvgIpc) is 2.68. The Balaban J connectivity index is 1.77. The lowest BCUT2D eigenvalue weighted by molar-refractivity contribution is 0.0635. The first-order valence-electron chi connectivity index (χ1n) is 9.33. The van der Waals surface area contributed by atoms with Crippen molar-refractivity contribution >= 4 is 23.4 Å². The summed E-state index contributed by atoms with van der Waals surface area (Å²) in [4.78, 5) is 28.7. The fourth-order valence-corrected chi connectivity index (χ4v) is 2.72. The first-order chi connectivity index (χ1) is 14.2. The van der Waals surface area contributed by atoms with Gasteiger partial charge in [0.05, 0.1) is 11.4 Å². The van der Waals surface area contributed by atoms with E-state index in [0.717, 1.165) is 0 Å². The van der Waals surface area contributed by atoms with Crippen LogP contribution in [0.2, 0.25) is 0 Å². The summed E-state index contributed by atoms with van der Waals surface area (Å²) < 4.78 is 19.8. The molecular formula is C23H22FN3O3. The van der Waals surface area contributed by atoms with Crippen LogP contribution in [-0.2, 0) is 4.74 Å². The molecule has 1 heterocycles. The summed E-state index contributed by atoms with van der Waals surface area (Å²) in [6, 6.07) is 14.4. The van der Waals surface area contributed by atoms with Crippen molar-refractivity contribution in [1.29, 1.82) is 0 Å². The molecule has 2 aromatic carbocycles. The van der Waals surface area contributed by atoms with E-state index in [1.807, 2.05) is 0 Å². The number of para-hydroxylation sites is 2. The second-order valence-corrected chi connectivity index (χ2v) is 7.56. The molecule has 0 bridgehead atoms. The van der Waals surface area contributed by atoms with Gasteiger partial charge in [0.15, 0.2) is 0 Å². The van der Waals surface area contributed by atoms with Crippen LogP contribution in [0.25, 0.3) is 11.1 Å². The lowest BCUT2D eigenvalue weighted by Crippen LogP contribution is -2.27. The largest absolute Gasteiger partial charge is 0.444 e. The summed E-state index contributed by atoms with van der Waals surface area (Å²) in [6.07, 6.45) is 2.51. The topological polar surface area (TPSA) is 80.3 Å². The minimum absolute atomic E-state index is 0.146. The van der Waals surface area contributed by atoms with E-state index in [2.05, 4.69) is 15.6 Å². The number of pyridine rings is 1. The molecule has 0 aliphatic rings. The van der Waals surface area contributed by atoms with Crippen LogP contribution < -0.4 is 10.6 Å². The van der Waals surface area contributed by atoms with Gasteiger partial charge in [-0.25, -0.2) is 9.18 Å². The molecule has 0 unspecified atom stereocenters. The van der Waals surface area contributed by atoms with Gasteiger partial charge in [-0.2, -0.15) is 0 Å². The Hall–Kier alpha value is -3.74. The van der Waals surface area contributed by atoms with E-state index in [-0.39, 0.29) is 5.56 Å². The number of halogens is 1. The van der Waals surface area contributed by atoms with Crippen LogP contribution >= 0.6 is 0 Å². The summed E-state index contributed by atoms with van der Waals surface area (Å²) in [5.41, 5.74) is 1.20. The molecule has 1 aromatic heterocycles. The third kappa shape index (κ3) is 5.41. The molecule has 7 heteroatoms. The number of benzene rings is 2. The zero-order valence-corrected chi connectivity index (χ0v) is 16.9. The highest BCUT2D eigenvalue weighted by molar-refractivity contribution is 6.07. The third-order valence-corrected chi connectivity index (χ3v) is 4.01. The number of aromatic nitrogens is 1. The number of nitrogens with one attached hydrogen (secondary N) is 2. The van der Waals surface area contributed by atoms with Crippen molar-refractivity contribution in [3.05, 3.63) is 78.4 Å². The van der Waals surface area contributed by atoms with Crippen molar-refractivity contribution in [2.24, 2.45) is 0 Å². The van der Waals surface area contributed by atoms with Gasteiger partial charge in [-0.15, -0.1) is 0 Å². The molecule has 6 nitrogen and oxygen atoms in total. The lowest BCUT2D eigenvalue weighted by atomic mass is 10.0. The maximum Gasteiger partial charge on any atom is 0.412 e. The van der Waals surface area contributed by atoms with Crippen molar-refractivity contribution in [2.45, 2.75) is 26.4 Å². The van der Waals surface area contributed by atoms with Gasteiger partial charge in [-0.3, -0.25) is 15.1 Å². The van der Waals surface area contributed by atoms with Crippen LogP contribution in [0.4, 0.5) is 20.6 Å². The second kappa shape index (κ2) is 8.73. The molecule has 3 aromatic rings. The van der Waals surface area contributed by atoms with E-state index in [1.54, 1.807) is 69.6 Å². The molecule has 0 spiro atoms. The Labute approximate surface area is 174 Å². The molecule has 0 fully saturated rings. The van der Waals surface area contributed by atoms with Crippen LogP contribution in [-0.4, -0.2) is 22.6 Å². The molecule has 2 amide bonds. The molecule has 0 saturated carbocycles. The quantitative estimate of drug-likeness (QED) is 0.600. The highest BCUT2D eigenvalue weighted by Gasteiger charge is 2.18. The van der Waals surface area contributed by atoms with Gasteiger partial charge in [0, 0.05) is 29.1 Å². The number of hydrogen-bond donors (Lipinski definition) is 2. The van der Waals surface area contributed by atoms with Crippen molar-refractivity contribution < 1.29 is 18.7 Å². The Morgan fingerprint density at radius 1 is 0.967 bits per heavy atom. The molecule has 0 atom stereocenters. The highest BCUT2D eigenvalue weighted by Crippen LogP contribution is 2.25. The summed E-state index contributed by atoms with van der Waals surface area (Å²) in [6.45, 7) is 5.26. The first kappa shape index (κ1) is 21.0. The Kier molecular flexibility index (Phi) is 6.11. The number of anilines is 2. The van der Waals surface area contributed by atoms with Gasteiger partial charge < -0.3 is 10.1 Å². The van der Waals surface area contributed by atoms with E-state index in [9.17, 15) is 14.0 Å². The molecule has 0 radical (unpaired) electrons. The van der Waals surface area contributed by atoms with Gasteiger partial charge in [-0.1, -0.05) is 24.3 Å². The molecule has 0 saturated heterocycles. The van der Waals surface area contributed by atoms with Gasteiger partial charge >= 0.3 is 6.09 Å². The maximum absolute atomic E-state index is 14.6. The molecule has 3 rings (SSSR count). The van der Waals surface area contributed by atoms with Gasteiger partial charge in [-0.05, 0) is 51.1 Å². The maximum atomic E-state index is 14.6. The summed E-state index contributed by atoms with van der Waals surface area (Å²) in [5.74, 6) is -1.04. The molecule has 2 N–H and O–H groups in total. The normalized spacial score (nSPS) is 10.9. The third-order valence-electron chi connectivity index (χ3n) is 4.01. The van der Waals surface area contributed by atoms with Crippen LogP contribution in [0, 0.1) is 5.82 Å². The predicted octanol–water partition coefficient (Wildman–Crippen LogP) is 5.49. The Morgan fingerprint density at radius 3 is 2.27 bits per heavy atom.